The number of anilines is 3. The fourth-order valence-electron chi connectivity index (χ4n) is 1.56. The van der Waals surface area contributed by atoms with Gasteiger partial charge in [0.25, 0.3) is 0 Å². The van der Waals surface area contributed by atoms with Crippen LogP contribution in [-0.2, 0) is 0 Å². The molecular weight excluding hydrogens is 297 g/mol. The van der Waals surface area contributed by atoms with Crippen LogP contribution in [0, 0.1) is 5.82 Å². The van der Waals surface area contributed by atoms with Crippen molar-refractivity contribution in [3.8, 4) is 0 Å². The molecule has 18 heavy (non-hydrogen) atoms. The number of nitrogens with one attached hydrogen (secondary N) is 2. The van der Waals surface area contributed by atoms with Crippen LogP contribution < -0.4 is 10.6 Å². The molecule has 0 fully saturated rings. The van der Waals surface area contributed by atoms with Gasteiger partial charge in [0.2, 0.25) is 0 Å². The van der Waals surface area contributed by atoms with Crippen LogP contribution in [0.4, 0.5) is 21.5 Å². The van der Waals surface area contributed by atoms with Crippen LogP contribution in [0.2, 0.25) is 0 Å². The van der Waals surface area contributed by atoms with Crippen LogP contribution in [0.1, 0.15) is 6.92 Å². The molecule has 2 N–H and O–H groups in total. The van der Waals surface area contributed by atoms with Gasteiger partial charge in [-0.15, -0.1) is 0 Å². The van der Waals surface area contributed by atoms with E-state index in [1.807, 2.05) is 13.0 Å². The van der Waals surface area contributed by atoms with Crippen molar-refractivity contribution in [1.82, 2.24) is 4.98 Å². The molecule has 1 aromatic heterocycles. The van der Waals surface area contributed by atoms with E-state index in [0.29, 0.717) is 5.69 Å². The number of halogens is 2. The number of nitrogens with zero attached hydrogens (tertiary/aromatic N) is 1. The summed E-state index contributed by atoms with van der Waals surface area (Å²) >= 11 is 3.37. The molecule has 0 aliphatic heterocycles. The Morgan fingerprint density at radius 2 is 2.00 bits per heavy atom. The first kappa shape index (κ1) is 12.8. The molecule has 0 saturated heterocycles. The van der Waals surface area contributed by atoms with Crippen LogP contribution in [0.15, 0.2) is 41.1 Å². The number of hydrogen-bond acceptors (Lipinski definition) is 3. The molecule has 1 aromatic carbocycles. The van der Waals surface area contributed by atoms with Gasteiger partial charge in [0.15, 0.2) is 0 Å². The molecular formula is C13H13BrFN3. The van der Waals surface area contributed by atoms with Gasteiger partial charge in [0, 0.05) is 11.0 Å². The highest BCUT2D eigenvalue weighted by atomic mass is 79.9. The van der Waals surface area contributed by atoms with Gasteiger partial charge >= 0.3 is 0 Å². The Balaban J connectivity index is 2.22. The van der Waals surface area contributed by atoms with Gasteiger partial charge in [-0.2, -0.15) is 0 Å². The number of pyridine rings is 1. The van der Waals surface area contributed by atoms with Gasteiger partial charge in [-0.3, -0.25) is 4.98 Å². The van der Waals surface area contributed by atoms with Crippen molar-refractivity contribution >= 4 is 33.0 Å². The van der Waals surface area contributed by atoms with Crippen molar-refractivity contribution in [2.45, 2.75) is 6.92 Å². The average molecular weight is 310 g/mol. The van der Waals surface area contributed by atoms with Crippen LogP contribution in [-0.4, -0.2) is 11.5 Å². The molecule has 1 heterocycles. The van der Waals surface area contributed by atoms with Gasteiger partial charge in [0.1, 0.15) is 5.82 Å². The van der Waals surface area contributed by atoms with E-state index in [4.69, 9.17) is 0 Å². The first-order valence-electron chi connectivity index (χ1n) is 5.60. The standard InChI is InChI=1S/C13H13BrFN3/c1-2-17-10-6-11(8-16-7-10)18-13-5-9(15)3-4-12(13)14/h3-8,17-18H,2H2,1H3. The molecule has 0 radical (unpaired) electrons. The Hall–Kier alpha value is -1.62. The van der Waals surface area contributed by atoms with Crippen molar-refractivity contribution in [1.29, 1.82) is 0 Å². The topological polar surface area (TPSA) is 37.0 Å². The molecule has 0 unspecified atom stereocenters. The van der Waals surface area contributed by atoms with Gasteiger partial charge in [-0.05, 0) is 47.1 Å². The predicted octanol–water partition coefficient (Wildman–Crippen LogP) is 4.16. The third-order valence-corrected chi connectivity index (χ3v) is 3.02. The lowest BCUT2D eigenvalue weighted by Crippen LogP contribution is -1.99. The Morgan fingerprint density at radius 1 is 1.22 bits per heavy atom. The van der Waals surface area contributed by atoms with Crippen LogP contribution in [0.5, 0.6) is 0 Å². The Kier molecular flexibility index (Phi) is 4.15. The summed E-state index contributed by atoms with van der Waals surface area (Å²) in [5.41, 5.74) is 2.40. The Bertz CT molecular complexity index is 546. The largest absolute Gasteiger partial charge is 0.384 e. The fourth-order valence-corrected chi connectivity index (χ4v) is 1.90. The third-order valence-electron chi connectivity index (χ3n) is 2.33. The summed E-state index contributed by atoms with van der Waals surface area (Å²) in [5, 5.41) is 6.29. The second kappa shape index (κ2) is 5.82. The zero-order valence-electron chi connectivity index (χ0n) is 9.87. The maximum absolute atomic E-state index is 13.2. The van der Waals surface area contributed by atoms with E-state index in [2.05, 4.69) is 31.5 Å². The van der Waals surface area contributed by atoms with E-state index in [-0.39, 0.29) is 5.82 Å². The molecule has 0 aliphatic rings. The minimum atomic E-state index is -0.281. The van der Waals surface area contributed by atoms with Gasteiger partial charge in [0.05, 0.1) is 29.5 Å². The monoisotopic (exact) mass is 309 g/mol. The number of aromatic nitrogens is 1. The van der Waals surface area contributed by atoms with E-state index < -0.39 is 0 Å². The molecule has 2 aromatic rings. The van der Waals surface area contributed by atoms with Crippen molar-refractivity contribution in [2.75, 3.05) is 17.2 Å². The zero-order chi connectivity index (χ0) is 13.0. The van der Waals surface area contributed by atoms with Gasteiger partial charge < -0.3 is 10.6 Å². The van der Waals surface area contributed by atoms with Crippen LogP contribution in [0.25, 0.3) is 0 Å². The maximum Gasteiger partial charge on any atom is 0.125 e. The lowest BCUT2D eigenvalue weighted by Gasteiger charge is -2.10. The van der Waals surface area contributed by atoms with E-state index >= 15 is 0 Å². The summed E-state index contributed by atoms with van der Waals surface area (Å²) < 4.78 is 14.0. The second-order valence-electron chi connectivity index (χ2n) is 3.74. The number of rotatable bonds is 4. The average Bonchev–Trinajstić information content (AvgIpc) is 2.35. The Morgan fingerprint density at radius 3 is 2.78 bits per heavy atom. The van der Waals surface area contributed by atoms with E-state index in [1.165, 1.54) is 12.1 Å². The zero-order valence-corrected chi connectivity index (χ0v) is 11.5. The Labute approximate surface area is 114 Å². The first-order valence-corrected chi connectivity index (χ1v) is 6.39. The summed E-state index contributed by atoms with van der Waals surface area (Å²) in [6.45, 7) is 2.85. The SMILES string of the molecule is CCNc1cncc(Nc2cc(F)ccc2Br)c1. The molecule has 94 valence electrons. The maximum atomic E-state index is 13.2. The quantitative estimate of drug-likeness (QED) is 0.890. The van der Waals surface area contributed by atoms with Gasteiger partial charge in [-0.1, -0.05) is 0 Å². The molecule has 0 bridgehead atoms. The lowest BCUT2D eigenvalue weighted by molar-refractivity contribution is 0.628. The van der Waals surface area contributed by atoms with E-state index in [9.17, 15) is 4.39 Å². The van der Waals surface area contributed by atoms with E-state index in [1.54, 1.807) is 18.5 Å². The minimum absolute atomic E-state index is 0.281. The smallest absolute Gasteiger partial charge is 0.125 e. The molecule has 0 aliphatic carbocycles. The molecule has 0 amide bonds. The molecule has 0 saturated carbocycles. The van der Waals surface area contributed by atoms with Crippen molar-refractivity contribution in [3.05, 3.63) is 46.9 Å². The van der Waals surface area contributed by atoms with Crippen molar-refractivity contribution in [3.63, 3.8) is 0 Å². The highest BCUT2D eigenvalue weighted by Gasteiger charge is 2.03. The van der Waals surface area contributed by atoms with Crippen LogP contribution in [0.3, 0.4) is 0 Å². The van der Waals surface area contributed by atoms with E-state index in [0.717, 1.165) is 22.4 Å². The first-order chi connectivity index (χ1) is 8.69. The summed E-state index contributed by atoms with van der Waals surface area (Å²) in [6, 6.07) is 6.43. The minimum Gasteiger partial charge on any atom is -0.384 e. The van der Waals surface area contributed by atoms with Crippen molar-refractivity contribution in [2.24, 2.45) is 0 Å². The molecule has 2 rings (SSSR count). The highest BCUT2D eigenvalue weighted by molar-refractivity contribution is 9.10. The summed E-state index contributed by atoms with van der Waals surface area (Å²) in [4.78, 5) is 4.12. The molecule has 0 spiro atoms. The summed E-state index contributed by atoms with van der Waals surface area (Å²) in [6.07, 6.45) is 3.44. The summed E-state index contributed by atoms with van der Waals surface area (Å²) in [7, 11) is 0. The van der Waals surface area contributed by atoms with Crippen molar-refractivity contribution < 1.29 is 4.39 Å². The predicted molar refractivity (Wildman–Crippen MR) is 75.8 cm³/mol. The third kappa shape index (κ3) is 3.20. The molecule has 3 nitrogen and oxygen atoms in total. The summed E-state index contributed by atoms with van der Waals surface area (Å²) in [5.74, 6) is -0.281. The fraction of sp³-hybridized carbons (Fsp3) is 0.154. The second-order valence-corrected chi connectivity index (χ2v) is 4.60. The van der Waals surface area contributed by atoms with Crippen LogP contribution >= 0.6 is 15.9 Å². The molecule has 5 heteroatoms. The normalized spacial score (nSPS) is 10.2. The van der Waals surface area contributed by atoms with Gasteiger partial charge in [-0.25, -0.2) is 4.39 Å². The highest BCUT2D eigenvalue weighted by Crippen LogP contribution is 2.27. The number of benzene rings is 1. The molecule has 0 atom stereocenters. The lowest BCUT2D eigenvalue weighted by atomic mass is 10.3. The number of hydrogen-bond donors (Lipinski definition) is 2.